The summed E-state index contributed by atoms with van der Waals surface area (Å²) in [5, 5.41) is 12.5. The van der Waals surface area contributed by atoms with Gasteiger partial charge in [-0.3, -0.25) is 9.78 Å². The molecule has 1 aliphatic rings. The Morgan fingerprint density at radius 1 is 0.949 bits per heavy atom. The molecule has 0 atom stereocenters. The maximum atomic E-state index is 14.1. The van der Waals surface area contributed by atoms with Gasteiger partial charge in [-0.15, -0.1) is 0 Å². The second-order valence-corrected chi connectivity index (χ2v) is 9.68. The summed E-state index contributed by atoms with van der Waals surface area (Å²) < 4.78 is 12.1. The number of hydrogen-bond acceptors (Lipinski definition) is 5. The van der Waals surface area contributed by atoms with Crippen LogP contribution in [0, 0.1) is 0 Å². The van der Waals surface area contributed by atoms with Crippen molar-refractivity contribution in [2.24, 2.45) is 0 Å². The van der Waals surface area contributed by atoms with E-state index in [9.17, 15) is 14.7 Å². The van der Waals surface area contributed by atoms with Crippen LogP contribution in [0.15, 0.2) is 100 Å². The van der Waals surface area contributed by atoms with Gasteiger partial charge in [0.05, 0.1) is 23.6 Å². The summed E-state index contributed by atoms with van der Waals surface area (Å²) in [6.45, 7) is 0. The van der Waals surface area contributed by atoms with Crippen molar-refractivity contribution in [2.75, 3.05) is 7.11 Å². The molecule has 0 radical (unpaired) electrons. The number of fused-ring (bicyclic) bond motifs is 1. The number of methoxy groups -OCH3 is 1. The molecule has 39 heavy (non-hydrogen) atoms. The molecule has 2 aromatic heterocycles. The van der Waals surface area contributed by atoms with E-state index >= 15 is 0 Å². The Kier molecular flexibility index (Phi) is 6.11. The summed E-state index contributed by atoms with van der Waals surface area (Å²) in [4.78, 5) is 30.2. The Morgan fingerprint density at radius 3 is 2.33 bits per heavy atom. The number of rotatable bonds is 6. The number of aromatic nitrogens is 1. The monoisotopic (exact) mass is 518 g/mol. The number of amides is 1. The van der Waals surface area contributed by atoms with E-state index in [-0.39, 0.29) is 5.43 Å². The third-order valence-corrected chi connectivity index (χ3v) is 7.48. The molecule has 1 saturated carbocycles. The van der Waals surface area contributed by atoms with Crippen LogP contribution in [0.5, 0.6) is 5.75 Å². The van der Waals surface area contributed by atoms with Crippen LogP contribution in [0.1, 0.15) is 24.8 Å². The van der Waals surface area contributed by atoms with Crippen LogP contribution in [0.3, 0.4) is 0 Å². The molecule has 5 aromatic rings. The van der Waals surface area contributed by atoms with E-state index in [1.807, 2.05) is 78.9 Å². The van der Waals surface area contributed by atoms with Crippen LogP contribution in [0.2, 0.25) is 0 Å². The molecular weight excluding hydrogens is 492 g/mol. The molecule has 1 aliphatic carbocycles. The summed E-state index contributed by atoms with van der Waals surface area (Å²) in [5.74, 6) is 1.06. The standard InChI is InChI=1S/C32H26N2O5/c1-38-25-11-6-5-10-23(25)27-30-24(16-19-33-27)28(35)26(29(39-30)21-8-3-2-4-9-21)20-12-14-22(15-13-20)32(17-7-18-32)34-31(36)37/h2-6,8-16,19,34H,7,17-18H2,1H3,(H,36,37). The fraction of sp³-hybridized carbons (Fsp3) is 0.156. The maximum Gasteiger partial charge on any atom is 0.405 e. The van der Waals surface area contributed by atoms with Crippen molar-refractivity contribution in [2.45, 2.75) is 24.8 Å². The van der Waals surface area contributed by atoms with E-state index in [2.05, 4.69) is 10.3 Å². The lowest BCUT2D eigenvalue weighted by molar-refractivity contribution is 0.144. The molecule has 1 amide bonds. The topological polar surface area (TPSA) is 102 Å². The fourth-order valence-electron chi connectivity index (χ4n) is 5.39. The van der Waals surface area contributed by atoms with Crippen LogP contribution in [0.4, 0.5) is 4.79 Å². The lowest BCUT2D eigenvalue weighted by Crippen LogP contribution is -2.50. The molecule has 2 N–H and O–H groups in total. The summed E-state index contributed by atoms with van der Waals surface area (Å²) in [6.07, 6.45) is 3.00. The molecule has 0 bridgehead atoms. The van der Waals surface area contributed by atoms with Crippen LogP contribution in [-0.4, -0.2) is 23.3 Å². The number of carbonyl (C=O) groups is 1. The number of hydrogen-bond donors (Lipinski definition) is 2. The molecule has 194 valence electrons. The van der Waals surface area contributed by atoms with Crippen LogP contribution in [-0.2, 0) is 5.54 Å². The SMILES string of the molecule is COc1ccccc1-c1nccc2c(=O)c(-c3ccc(C4(NC(=O)O)CCC4)cc3)c(-c3ccccc3)oc12. The highest BCUT2D eigenvalue weighted by Crippen LogP contribution is 2.42. The summed E-state index contributed by atoms with van der Waals surface area (Å²) in [5.41, 5.74) is 3.63. The third kappa shape index (κ3) is 4.22. The van der Waals surface area contributed by atoms with Gasteiger partial charge in [0, 0.05) is 17.3 Å². The number of ether oxygens (including phenoxy) is 1. The number of carboxylic acid groups (broad SMARTS) is 1. The molecule has 0 saturated heterocycles. The van der Waals surface area contributed by atoms with E-state index in [1.165, 1.54) is 0 Å². The molecule has 0 aliphatic heterocycles. The first-order chi connectivity index (χ1) is 19.0. The van der Waals surface area contributed by atoms with Crippen molar-refractivity contribution in [1.82, 2.24) is 10.3 Å². The number of benzene rings is 3. The van der Waals surface area contributed by atoms with Crippen molar-refractivity contribution >= 4 is 17.1 Å². The summed E-state index contributed by atoms with van der Waals surface area (Å²) in [6, 6.07) is 26.2. The minimum atomic E-state index is -1.04. The van der Waals surface area contributed by atoms with E-state index in [4.69, 9.17) is 9.15 Å². The maximum absolute atomic E-state index is 14.1. The first-order valence-electron chi connectivity index (χ1n) is 12.8. The first-order valence-corrected chi connectivity index (χ1v) is 12.8. The van der Waals surface area contributed by atoms with Crippen molar-refractivity contribution in [3.63, 3.8) is 0 Å². The number of para-hydroxylation sites is 1. The van der Waals surface area contributed by atoms with Gasteiger partial charge in [0.1, 0.15) is 17.2 Å². The van der Waals surface area contributed by atoms with Crippen molar-refractivity contribution in [1.29, 1.82) is 0 Å². The Bertz CT molecular complexity index is 1740. The Labute approximate surface area is 224 Å². The molecule has 7 nitrogen and oxygen atoms in total. The van der Waals surface area contributed by atoms with Gasteiger partial charge in [0.25, 0.3) is 0 Å². The Morgan fingerprint density at radius 2 is 1.67 bits per heavy atom. The number of nitrogens with zero attached hydrogens (tertiary/aromatic N) is 1. The smallest absolute Gasteiger partial charge is 0.405 e. The predicted molar refractivity (Wildman–Crippen MR) is 150 cm³/mol. The zero-order valence-corrected chi connectivity index (χ0v) is 21.3. The van der Waals surface area contributed by atoms with Gasteiger partial charge in [-0.2, -0.15) is 0 Å². The van der Waals surface area contributed by atoms with Crippen molar-refractivity contribution in [3.8, 4) is 39.5 Å². The Hall–Kier alpha value is -4.91. The molecule has 2 heterocycles. The molecule has 3 aromatic carbocycles. The highest BCUT2D eigenvalue weighted by molar-refractivity contribution is 5.96. The van der Waals surface area contributed by atoms with E-state index < -0.39 is 11.6 Å². The third-order valence-electron chi connectivity index (χ3n) is 7.48. The predicted octanol–water partition coefficient (Wildman–Crippen LogP) is 6.84. The Balaban J connectivity index is 1.57. The molecule has 1 fully saturated rings. The summed E-state index contributed by atoms with van der Waals surface area (Å²) >= 11 is 0. The van der Waals surface area contributed by atoms with Gasteiger partial charge in [0.2, 0.25) is 5.43 Å². The van der Waals surface area contributed by atoms with Gasteiger partial charge >= 0.3 is 6.09 Å². The van der Waals surface area contributed by atoms with Gasteiger partial charge in [-0.1, -0.05) is 66.7 Å². The lowest BCUT2D eigenvalue weighted by atomic mass is 9.71. The fourth-order valence-corrected chi connectivity index (χ4v) is 5.39. The molecule has 7 heteroatoms. The number of pyridine rings is 1. The first kappa shape index (κ1) is 24.4. The summed E-state index contributed by atoms with van der Waals surface area (Å²) in [7, 11) is 1.59. The molecule has 0 unspecified atom stereocenters. The molecule has 0 spiro atoms. The van der Waals surface area contributed by atoms with Crippen LogP contribution in [0.25, 0.3) is 44.7 Å². The quantitative estimate of drug-likeness (QED) is 0.255. The van der Waals surface area contributed by atoms with E-state index in [1.54, 1.807) is 19.4 Å². The van der Waals surface area contributed by atoms with Gasteiger partial charge < -0.3 is 19.6 Å². The van der Waals surface area contributed by atoms with Crippen molar-refractivity contribution < 1.29 is 19.1 Å². The number of nitrogens with one attached hydrogen (secondary N) is 1. The molecular formula is C32H26N2O5. The molecule has 6 rings (SSSR count). The van der Waals surface area contributed by atoms with Crippen LogP contribution >= 0.6 is 0 Å². The van der Waals surface area contributed by atoms with E-state index in [0.29, 0.717) is 39.3 Å². The highest BCUT2D eigenvalue weighted by atomic mass is 16.5. The minimum Gasteiger partial charge on any atom is -0.496 e. The zero-order chi connectivity index (χ0) is 27.0. The van der Waals surface area contributed by atoms with Crippen molar-refractivity contribution in [3.05, 3.63) is 107 Å². The van der Waals surface area contributed by atoms with Gasteiger partial charge in [-0.05, 0) is 48.6 Å². The average molecular weight is 519 g/mol. The second-order valence-electron chi connectivity index (χ2n) is 9.68. The minimum absolute atomic E-state index is 0.177. The normalized spacial score (nSPS) is 14.0. The lowest BCUT2D eigenvalue weighted by Gasteiger charge is -2.42. The zero-order valence-electron chi connectivity index (χ0n) is 21.3. The highest BCUT2D eigenvalue weighted by Gasteiger charge is 2.40. The second kappa shape index (κ2) is 9.76. The largest absolute Gasteiger partial charge is 0.496 e. The van der Waals surface area contributed by atoms with Crippen LogP contribution < -0.4 is 15.5 Å². The van der Waals surface area contributed by atoms with Gasteiger partial charge in [0.15, 0.2) is 5.58 Å². The average Bonchev–Trinajstić information content (AvgIpc) is 2.95. The van der Waals surface area contributed by atoms with E-state index in [0.717, 1.165) is 36.0 Å². The van der Waals surface area contributed by atoms with Gasteiger partial charge in [-0.25, -0.2) is 4.79 Å².